The molecule has 0 aliphatic carbocycles. The number of nitrogens with zero attached hydrogens (tertiary/aromatic N) is 5. The van der Waals surface area contributed by atoms with Crippen molar-refractivity contribution in [2.75, 3.05) is 6.26 Å². The van der Waals surface area contributed by atoms with Crippen molar-refractivity contribution in [3.63, 3.8) is 0 Å². The van der Waals surface area contributed by atoms with Crippen LogP contribution in [0.5, 0.6) is 0 Å². The van der Waals surface area contributed by atoms with Crippen LogP contribution in [-0.2, 0) is 12.8 Å². The molecule has 5 aromatic rings. The van der Waals surface area contributed by atoms with Crippen molar-refractivity contribution < 1.29 is 4.92 Å². The number of hydrazine groups is 1. The smallest absolute Gasteiger partial charge is 0.274 e. The van der Waals surface area contributed by atoms with Crippen LogP contribution in [-0.4, -0.2) is 31.1 Å². The molecule has 0 bridgehead atoms. The molecule has 4 N–H and O–H groups in total. The van der Waals surface area contributed by atoms with Gasteiger partial charge >= 0.3 is 0 Å². The lowest BCUT2D eigenvalue weighted by atomic mass is 9.97. The highest BCUT2D eigenvalue weighted by molar-refractivity contribution is 7.98. The van der Waals surface area contributed by atoms with E-state index in [1.165, 1.54) is 29.6 Å². The molecular formula is C28H27N7O2S. The van der Waals surface area contributed by atoms with Gasteiger partial charge in [0, 0.05) is 34.5 Å². The van der Waals surface area contributed by atoms with Crippen LogP contribution in [0.25, 0.3) is 33.4 Å². The predicted octanol–water partition coefficient (Wildman–Crippen LogP) is 5.38. The third kappa shape index (κ3) is 6.35. The van der Waals surface area contributed by atoms with Crippen LogP contribution >= 0.6 is 11.8 Å². The lowest BCUT2D eigenvalue weighted by Crippen LogP contribution is -2.02. The normalized spacial score (nSPS) is 10.6. The van der Waals surface area contributed by atoms with E-state index in [0.717, 1.165) is 52.7 Å². The number of nitro groups is 1. The second-order valence-corrected chi connectivity index (χ2v) is 9.11. The predicted molar refractivity (Wildman–Crippen MR) is 151 cm³/mol. The number of thioether (sulfide) groups is 1. The molecule has 0 atom stereocenters. The number of rotatable bonds is 8. The van der Waals surface area contributed by atoms with Crippen LogP contribution in [0.2, 0.25) is 0 Å². The maximum absolute atomic E-state index is 10.8. The quantitative estimate of drug-likeness (QED) is 0.0896. The summed E-state index contributed by atoms with van der Waals surface area (Å²) < 4.78 is 0. The van der Waals surface area contributed by atoms with Crippen molar-refractivity contribution in [2.45, 2.75) is 24.4 Å². The van der Waals surface area contributed by atoms with Gasteiger partial charge in [0.2, 0.25) is 0 Å². The van der Waals surface area contributed by atoms with Crippen LogP contribution in [0.15, 0.2) is 90.3 Å². The molecule has 10 heteroatoms. The topological polar surface area (TPSA) is 147 Å². The number of aromatic nitrogens is 4. The lowest BCUT2D eigenvalue weighted by Gasteiger charge is -2.12. The minimum absolute atomic E-state index is 0.0163. The minimum atomic E-state index is -0.430. The van der Waals surface area contributed by atoms with Gasteiger partial charge in [-0.05, 0) is 48.8 Å². The van der Waals surface area contributed by atoms with Gasteiger partial charge in [0.25, 0.3) is 5.69 Å². The first kappa shape index (κ1) is 26.8. The summed E-state index contributed by atoms with van der Waals surface area (Å²) >= 11 is 1.50. The Morgan fingerprint density at radius 3 is 2.29 bits per heavy atom. The molecule has 0 amide bonds. The molecule has 0 unspecified atom stereocenters. The van der Waals surface area contributed by atoms with Crippen LogP contribution < -0.4 is 11.7 Å². The van der Waals surface area contributed by atoms with E-state index in [1.807, 2.05) is 30.7 Å². The number of aryl methyl sites for hydroxylation is 2. The Morgan fingerprint density at radius 2 is 1.63 bits per heavy atom. The summed E-state index contributed by atoms with van der Waals surface area (Å²) in [4.78, 5) is 28.5. The zero-order chi connectivity index (χ0) is 26.9. The maximum atomic E-state index is 10.8. The monoisotopic (exact) mass is 525 g/mol. The molecule has 0 spiro atoms. The van der Waals surface area contributed by atoms with Crippen LogP contribution in [0.4, 0.5) is 5.69 Å². The Hall–Kier alpha value is -4.25. The zero-order valence-electron chi connectivity index (χ0n) is 20.8. The minimum Gasteiger partial charge on any atom is -0.274 e. The molecule has 0 saturated carbocycles. The van der Waals surface area contributed by atoms with E-state index in [4.69, 9.17) is 4.98 Å². The Bertz CT molecular complexity index is 1510. The Kier molecular flexibility index (Phi) is 9.04. The second kappa shape index (κ2) is 12.8. The molecule has 0 saturated heterocycles. The average molecular weight is 526 g/mol. The first-order valence-electron chi connectivity index (χ1n) is 11.9. The molecule has 0 fully saturated rings. The molecule has 2 aromatic carbocycles. The summed E-state index contributed by atoms with van der Waals surface area (Å²) in [6.45, 7) is 0. The highest BCUT2D eigenvalue weighted by Crippen LogP contribution is 2.33. The van der Waals surface area contributed by atoms with Gasteiger partial charge in [0.15, 0.2) is 10.8 Å². The van der Waals surface area contributed by atoms with Crippen molar-refractivity contribution in [1.82, 2.24) is 19.9 Å². The lowest BCUT2D eigenvalue weighted by molar-refractivity contribution is -0.385. The Morgan fingerprint density at radius 1 is 0.868 bits per heavy atom. The molecule has 3 heterocycles. The molecule has 0 radical (unpaired) electrons. The highest BCUT2D eigenvalue weighted by Gasteiger charge is 2.13. The number of nitrogens with two attached hydrogens (primary N) is 2. The van der Waals surface area contributed by atoms with Crippen LogP contribution in [0.1, 0.15) is 17.7 Å². The summed E-state index contributed by atoms with van der Waals surface area (Å²) in [6.07, 6.45) is 7.67. The van der Waals surface area contributed by atoms with Gasteiger partial charge in [-0.15, -0.1) is 0 Å². The zero-order valence-corrected chi connectivity index (χ0v) is 21.6. The van der Waals surface area contributed by atoms with Gasteiger partial charge in [0.05, 0.1) is 10.6 Å². The standard InChI is InChI=1S/C28H23N5O2S.H4N2/c1-36-28-30-17-22-16-25(20-7-3-2-4-8-20)26(31-27(22)32-28)21-12-10-19(11-13-21)6-5-9-23-14-15-24(18-29-23)33(34)35;1-2/h2-4,7-8,10-18H,5-6,9H2,1H3;1-2H2. The average Bonchev–Trinajstić information content (AvgIpc) is 2.98. The largest absolute Gasteiger partial charge is 0.287 e. The van der Waals surface area contributed by atoms with Gasteiger partial charge in [-0.2, -0.15) is 0 Å². The number of hydrogen-bond acceptors (Lipinski definition) is 9. The molecule has 5 rings (SSSR count). The third-order valence-electron chi connectivity index (χ3n) is 5.96. The number of fused-ring (bicyclic) bond motifs is 1. The Labute approximate surface area is 224 Å². The van der Waals surface area contributed by atoms with E-state index in [9.17, 15) is 10.1 Å². The molecule has 0 aliphatic heterocycles. The maximum Gasteiger partial charge on any atom is 0.287 e. The summed E-state index contributed by atoms with van der Waals surface area (Å²) in [5, 5.41) is 12.4. The van der Waals surface area contributed by atoms with E-state index >= 15 is 0 Å². The third-order valence-corrected chi connectivity index (χ3v) is 6.52. The van der Waals surface area contributed by atoms with Crippen molar-refractivity contribution in [2.24, 2.45) is 11.7 Å². The fraction of sp³-hybridized carbons (Fsp3) is 0.143. The second-order valence-electron chi connectivity index (χ2n) is 8.34. The van der Waals surface area contributed by atoms with E-state index in [2.05, 4.69) is 69.1 Å². The first-order chi connectivity index (χ1) is 18.6. The SMILES string of the molecule is CSc1ncc2cc(-c3ccccc3)c(-c3ccc(CCCc4ccc([N+](=O)[O-])cn4)cc3)nc2n1.NN. The molecule has 9 nitrogen and oxygen atoms in total. The van der Waals surface area contributed by atoms with E-state index < -0.39 is 4.92 Å². The molecule has 0 aliphatic rings. The highest BCUT2D eigenvalue weighted by atomic mass is 32.2. The van der Waals surface area contributed by atoms with E-state index in [1.54, 1.807) is 6.07 Å². The summed E-state index contributed by atoms with van der Waals surface area (Å²) in [6, 6.07) is 24.1. The van der Waals surface area contributed by atoms with Gasteiger partial charge < -0.3 is 0 Å². The van der Waals surface area contributed by atoms with Gasteiger partial charge in [0.1, 0.15) is 6.20 Å². The van der Waals surface area contributed by atoms with Crippen molar-refractivity contribution >= 4 is 28.5 Å². The van der Waals surface area contributed by atoms with Crippen molar-refractivity contribution in [3.05, 3.63) is 107 Å². The number of hydrogen-bond donors (Lipinski definition) is 2. The number of pyridine rings is 2. The summed E-state index contributed by atoms with van der Waals surface area (Å²) in [5.41, 5.74) is 6.83. The molecular weight excluding hydrogens is 498 g/mol. The fourth-order valence-electron chi connectivity index (χ4n) is 4.08. The fourth-order valence-corrected chi connectivity index (χ4v) is 4.42. The van der Waals surface area contributed by atoms with E-state index in [-0.39, 0.29) is 5.69 Å². The van der Waals surface area contributed by atoms with Gasteiger partial charge in [-0.3, -0.25) is 26.8 Å². The van der Waals surface area contributed by atoms with Crippen molar-refractivity contribution in [1.29, 1.82) is 0 Å². The van der Waals surface area contributed by atoms with Crippen LogP contribution in [0, 0.1) is 10.1 Å². The van der Waals surface area contributed by atoms with Gasteiger partial charge in [-0.25, -0.2) is 15.0 Å². The van der Waals surface area contributed by atoms with Gasteiger partial charge in [-0.1, -0.05) is 66.4 Å². The summed E-state index contributed by atoms with van der Waals surface area (Å²) in [7, 11) is 0. The summed E-state index contributed by atoms with van der Waals surface area (Å²) in [5.74, 6) is 8.00. The number of benzene rings is 2. The molecule has 38 heavy (non-hydrogen) atoms. The van der Waals surface area contributed by atoms with E-state index in [0.29, 0.717) is 10.8 Å². The van der Waals surface area contributed by atoms with Crippen LogP contribution in [0.3, 0.4) is 0 Å². The molecule has 3 aromatic heterocycles. The first-order valence-corrected chi connectivity index (χ1v) is 13.1. The Balaban J connectivity index is 0.00000164. The van der Waals surface area contributed by atoms with Crippen molar-refractivity contribution in [3.8, 4) is 22.4 Å². The molecule has 192 valence electrons.